The van der Waals surface area contributed by atoms with Crippen molar-refractivity contribution in [2.75, 3.05) is 7.11 Å². The molecule has 0 radical (unpaired) electrons. The molecule has 2 aromatic rings. The summed E-state index contributed by atoms with van der Waals surface area (Å²) in [4.78, 5) is 25.0. The molecule has 0 bridgehead atoms. The van der Waals surface area contributed by atoms with Gasteiger partial charge in [-0.3, -0.25) is 9.59 Å². The number of hydrogen-bond acceptors (Lipinski definition) is 3. The Bertz CT molecular complexity index is 799. The lowest BCUT2D eigenvalue weighted by Gasteiger charge is -2.27. The van der Waals surface area contributed by atoms with Crippen LogP contribution in [0.1, 0.15) is 53.5 Å². The first-order valence-corrected chi connectivity index (χ1v) is 9.10. The van der Waals surface area contributed by atoms with Crippen LogP contribution < -0.4 is 5.32 Å². The molecule has 1 aliphatic rings. The van der Waals surface area contributed by atoms with Gasteiger partial charge in [-0.15, -0.1) is 0 Å². The Hall–Kier alpha value is -2.62. The number of nitrogens with one attached hydrogen (secondary N) is 1. The van der Waals surface area contributed by atoms with Crippen molar-refractivity contribution >= 4 is 11.9 Å². The van der Waals surface area contributed by atoms with Gasteiger partial charge in [0.1, 0.15) is 0 Å². The third kappa shape index (κ3) is 3.96. The van der Waals surface area contributed by atoms with E-state index in [1.165, 1.54) is 12.7 Å². The molecular formula is C22H25NO3. The molecule has 0 aliphatic heterocycles. The Kier molecular flexibility index (Phi) is 5.71. The summed E-state index contributed by atoms with van der Waals surface area (Å²) < 4.78 is 4.84. The maximum atomic E-state index is 13.1. The van der Waals surface area contributed by atoms with Gasteiger partial charge in [-0.25, -0.2) is 0 Å². The van der Waals surface area contributed by atoms with Gasteiger partial charge >= 0.3 is 5.97 Å². The van der Waals surface area contributed by atoms with E-state index in [0.717, 1.165) is 36.0 Å². The van der Waals surface area contributed by atoms with Crippen molar-refractivity contribution in [3.8, 4) is 0 Å². The molecule has 4 nitrogen and oxygen atoms in total. The van der Waals surface area contributed by atoms with E-state index < -0.39 is 0 Å². The summed E-state index contributed by atoms with van der Waals surface area (Å²) in [7, 11) is 1.37. The number of amides is 1. The van der Waals surface area contributed by atoms with Crippen molar-refractivity contribution in [3.63, 3.8) is 0 Å². The highest BCUT2D eigenvalue weighted by molar-refractivity contribution is 5.85. The zero-order valence-corrected chi connectivity index (χ0v) is 15.3. The average molecular weight is 351 g/mol. The molecule has 0 aromatic heterocycles. The van der Waals surface area contributed by atoms with Crippen LogP contribution in [0.3, 0.4) is 0 Å². The van der Waals surface area contributed by atoms with Crippen LogP contribution in [0.4, 0.5) is 0 Å². The molecule has 1 aliphatic carbocycles. The molecule has 136 valence electrons. The number of esters is 1. The Morgan fingerprint density at radius 2 is 1.88 bits per heavy atom. The van der Waals surface area contributed by atoms with Crippen molar-refractivity contribution in [1.82, 2.24) is 5.32 Å². The smallest absolute Gasteiger partial charge is 0.307 e. The molecule has 1 amide bonds. The van der Waals surface area contributed by atoms with Crippen molar-refractivity contribution in [1.29, 1.82) is 0 Å². The van der Waals surface area contributed by atoms with Crippen LogP contribution in [0.2, 0.25) is 0 Å². The standard InChI is InChI=1S/C22H25NO3/c1-15-8-3-5-11-17(15)20(14-21(24)26-2)23-22(25)19-13-7-10-16-9-4-6-12-18(16)19/h3-6,8-9,11-12,19-20H,7,10,13-14H2,1-2H3,(H,23,25). The van der Waals surface area contributed by atoms with E-state index in [0.29, 0.717) is 0 Å². The summed E-state index contributed by atoms with van der Waals surface area (Å²) in [5.74, 6) is -0.513. The summed E-state index contributed by atoms with van der Waals surface area (Å²) in [6.45, 7) is 1.99. The normalized spacial score (nSPS) is 17.1. The van der Waals surface area contributed by atoms with E-state index >= 15 is 0 Å². The van der Waals surface area contributed by atoms with Crippen molar-refractivity contribution in [2.45, 2.75) is 44.6 Å². The van der Waals surface area contributed by atoms with Crippen LogP contribution in [0.5, 0.6) is 0 Å². The molecule has 0 saturated carbocycles. The highest BCUT2D eigenvalue weighted by Gasteiger charge is 2.29. The lowest BCUT2D eigenvalue weighted by atomic mass is 9.82. The minimum Gasteiger partial charge on any atom is -0.469 e. The van der Waals surface area contributed by atoms with Gasteiger partial charge in [0.15, 0.2) is 0 Å². The summed E-state index contributed by atoms with van der Waals surface area (Å²) in [6, 6.07) is 15.6. The summed E-state index contributed by atoms with van der Waals surface area (Å²) in [6.07, 6.45) is 2.98. The second kappa shape index (κ2) is 8.17. The van der Waals surface area contributed by atoms with Crippen LogP contribution in [0, 0.1) is 6.92 Å². The molecule has 0 fully saturated rings. The Labute approximate surface area is 154 Å². The van der Waals surface area contributed by atoms with Gasteiger partial charge in [-0.2, -0.15) is 0 Å². The third-order valence-electron chi connectivity index (χ3n) is 5.16. The first-order valence-electron chi connectivity index (χ1n) is 9.10. The number of benzene rings is 2. The minimum absolute atomic E-state index is 0.0192. The van der Waals surface area contributed by atoms with E-state index in [2.05, 4.69) is 11.4 Å². The molecule has 2 atom stereocenters. The van der Waals surface area contributed by atoms with E-state index in [-0.39, 0.29) is 30.3 Å². The van der Waals surface area contributed by atoms with Crippen molar-refractivity contribution < 1.29 is 14.3 Å². The maximum absolute atomic E-state index is 13.1. The molecule has 2 aromatic carbocycles. The minimum atomic E-state index is -0.384. The zero-order valence-electron chi connectivity index (χ0n) is 15.3. The summed E-state index contributed by atoms with van der Waals surface area (Å²) in [5.41, 5.74) is 4.36. The fourth-order valence-corrected chi connectivity index (χ4v) is 3.77. The summed E-state index contributed by atoms with van der Waals surface area (Å²) in [5, 5.41) is 3.11. The Balaban J connectivity index is 1.84. The third-order valence-corrected chi connectivity index (χ3v) is 5.16. The molecule has 0 heterocycles. The number of carbonyl (C=O) groups is 2. The number of fused-ring (bicyclic) bond motifs is 1. The second-order valence-corrected chi connectivity index (χ2v) is 6.84. The van der Waals surface area contributed by atoms with E-state index in [4.69, 9.17) is 4.74 Å². The quantitative estimate of drug-likeness (QED) is 0.833. The lowest BCUT2D eigenvalue weighted by Crippen LogP contribution is -2.35. The van der Waals surface area contributed by atoms with Gasteiger partial charge in [0, 0.05) is 0 Å². The van der Waals surface area contributed by atoms with Gasteiger partial charge in [-0.05, 0) is 48.4 Å². The molecule has 26 heavy (non-hydrogen) atoms. The number of rotatable bonds is 5. The van der Waals surface area contributed by atoms with Gasteiger partial charge in [-0.1, -0.05) is 48.5 Å². The molecular weight excluding hydrogens is 326 g/mol. The largest absolute Gasteiger partial charge is 0.469 e. The van der Waals surface area contributed by atoms with Crippen molar-refractivity contribution in [2.24, 2.45) is 0 Å². The highest BCUT2D eigenvalue weighted by Crippen LogP contribution is 2.32. The van der Waals surface area contributed by atoms with Gasteiger partial charge in [0.25, 0.3) is 0 Å². The van der Waals surface area contributed by atoms with E-state index in [9.17, 15) is 9.59 Å². The molecule has 4 heteroatoms. The first kappa shape index (κ1) is 18.2. The fourth-order valence-electron chi connectivity index (χ4n) is 3.77. The SMILES string of the molecule is COC(=O)CC(NC(=O)C1CCCc2ccccc21)c1ccccc1C. The average Bonchev–Trinajstić information content (AvgIpc) is 2.67. The molecule has 0 spiro atoms. The lowest BCUT2D eigenvalue weighted by molar-refractivity contribution is -0.141. The summed E-state index contributed by atoms with van der Waals surface area (Å²) >= 11 is 0. The first-order chi connectivity index (χ1) is 12.6. The highest BCUT2D eigenvalue weighted by atomic mass is 16.5. The monoisotopic (exact) mass is 351 g/mol. The molecule has 2 unspecified atom stereocenters. The Morgan fingerprint density at radius 3 is 2.65 bits per heavy atom. The predicted molar refractivity (Wildman–Crippen MR) is 101 cm³/mol. The van der Waals surface area contributed by atoms with Gasteiger partial charge < -0.3 is 10.1 Å². The number of aryl methyl sites for hydroxylation is 2. The van der Waals surface area contributed by atoms with Crippen LogP contribution >= 0.6 is 0 Å². The Morgan fingerprint density at radius 1 is 1.15 bits per heavy atom. The van der Waals surface area contributed by atoms with Gasteiger partial charge in [0.05, 0.1) is 25.5 Å². The molecule has 3 rings (SSSR count). The number of ether oxygens (including phenoxy) is 1. The molecule has 1 N–H and O–H groups in total. The van der Waals surface area contributed by atoms with Crippen LogP contribution in [-0.4, -0.2) is 19.0 Å². The van der Waals surface area contributed by atoms with Crippen LogP contribution in [0.15, 0.2) is 48.5 Å². The topological polar surface area (TPSA) is 55.4 Å². The van der Waals surface area contributed by atoms with Crippen LogP contribution in [0.25, 0.3) is 0 Å². The van der Waals surface area contributed by atoms with Gasteiger partial charge in [0.2, 0.25) is 5.91 Å². The van der Waals surface area contributed by atoms with Crippen LogP contribution in [-0.2, 0) is 20.7 Å². The number of carbonyl (C=O) groups excluding carboxylic acids is 2. The van der Waals surface area contributed by atoms with Crippen molar-refractivity contribution in [3.05, 3.63) is 70.8 Å². The van der Waals surface area contributed by atoms with E-state index in [1.54, 1.807) is 0 Å². The zero-order chi connectivity index (χ0) is 18.5. The van der Waals surface area contributed by atoms with E-state index in [1.807, 2.05) is 49.4 Å². The predicted octanol–water partition coefficient (Wildman–Crippen LogP) is 3.84. The maximum Gasteiger partial charge on any atom is 0.307 e. The second-order valence-electron chi connectivity index (χ2n) is 6.84. The number of methoxy groups -OCH3 is 1. The number of hydrogen-bond donors (Lipinski definition) is 1. The molecule has 0 saturated heterocycles. The fraction of sp³-hybridized carbons (Fsp3) is 0.364.